The van der Waals surface area contributed by atoms with Crippen molar-refractivity contribution in [2.45, 2.75) is 45.3 Å². The summed E-state index contributed by atoms with van der Waals surface area (Å²) in [5.74, 6) is -0.564. The summed E-state index contributed by atoms with van der Waals surface area (Å²) in [6, 6.07) is 15.4. The van der Waals surface area contributed by atoms with Gasteiger partial charge < -0.3 is 10.1 Å². The van der Waals surface area contributed by atoms with Crippen LogP contribution in [0.1, 0.15) is 58.0 Å². The van der Waals surface area contributed by atoms with Crippen LogP contribution in [0, 0.1) is 0 Å². The molecule has 2 aromatic rings. The molecule has 1 aliphatic heterocycles. The third-order valence-corrected chi connectivity index (χ3v) is 5.44. The van der Waals surface area contributed by atoms with Crippen LogP contribution in [0.25, 0.3) is 0 Å². The van der Waals surface area contributed by atoms with Crippen LogP contribution in [0.4, 0.5) is 0 Å². The molecular formula is C23H28N2O3. The van der Waals surface area contributed by atoms with Gasteiger partial charge in [0, 0.05) is 24.7 Å². The molecule has 1 fully saturated rings. The van der Waals surface area contributed by atoms with Crippen molar-refractivity contribution < 1.29 is 14.3 Å². The zero-order valence-corrected chi connectivity index (χ0v) is 16.6. The van der Waals surface area contributed by atoms with Crippen LogP contribution in [0.2, 0.25) is 0 Å². The molecule has 0 saturated carbocycles. The van der Waals surface area contributed by atoms with Crippen LogP contribution in [-0.4, -0.2) is 36.5 Å². The molecule has 1 atom stereocenters. The number of nitrogens with one attached hydrogen (secondary N) is 1. The van der Waals surface area contributed by atoms with E-state index in [1.807, 2.05) is 6.07 Å². The van der Waals surface area contributed by atoms with Crippen LogP contribution in [-0.2, 0) is 17.8 Å². The monoisotopic (exact) mass is 380 g/mol. The van der Waals surface area contributed by atoms with Crippen LogP contribution in [0.5, 0.6) is 0 Å². The molecule has 1 saturated heterocycles. The standard InChI is InChI=1S/C23H28N2O3/c1-17-7-5-6-14-25(17)16-21-9-4-3-8-20(21)15-24-22(26)18-10-12-19(13-11-18)23(27)28-2/h3-4,8-13,17H,5-7,14-16H2,1-2H3,(H,24,26). The number of hydrogen-bond acceptors (Lipinski definition) is 4. The molecule has 2 aromatic carbocycles. The lowest BCUT2D eigenvalue weighted by atomic mass is 10.0. The van der Waals surface area contributed by atoms with E-state index in [0.29, 0.717) is 23.7 Å². The van der Waals surface area contributed by atoms with E-state index in [2.05, 4.69) is 40.1 Å². The second-order valence-corrected chi connectivity index (χ2v) is 7.34. The lowest BCUT2D eigenvalue weighted by molar-refractivity contribution is 0.0600. The highest BCUT2D eigenvalue weighted by Crippen LogP contribution is 2.21. The number of ether oxygens (including phenoxy) is 1. The fraction of sp³-hybridized carbons (Fsp3) is 0.391. The molecule has 0 spiro atoms. The van der Waals surface area contributed by atoms with Crippen LogP contribution >= 0.6 is 0 Å². The molecule has 1 unspecified atom stereocenters. The second-order valence-electron chi connectivity index (χ2n) is 7.34. The molecule has 5 heteroatoms. The molecule has 1 aliphatic rings. The van der Waals surface area contributed by atoms with Gasteiger partial charge in [0.1, 0.15) is 0 Å². The van der Waals surface area contributed by atoms with E-state index in [0.717, 1.165) is 18.7 Å². The smallest absolute Gasteiger partial charge is 0.337 e. The van der Waals surface area contributed by atoms with Crippen molar-refractivity contribution in [2.75, 3.05) is 13.7 Å². The van der Waals surface area contributed by atoms with Gasteiger partial charge in [-0.15, -0.1) is 0 Å². The summed E-state index contributed by atoms with van der Waals surface area (Å²) in [4.78, 5) is 26.5. The quantitative estimate of drug-likeness (QED) is 0.775. The Kier molecular flexibility index (Phi) is 6.82. The van der Waals surface area contributed by atoms with E-state index in [1.165, 1.54) is 31.9 Å². The highest BCUT2D eigenvalue weighted by atomic mass is 16.5. The first-order valence-electron chi connectivity index (χ1n) is 9.86. The van der Waals surface area contributed by atoms with Crippen molar-refractivity contribution in [3.05, 3.63) is 70.8 Å². The number of esters is 1. The third kappa shape index (κ3) is 4.98. The number of nitrogens with zero attached hydrogens (tertiary/aromatic N) is 1. The molecule has 0 aliphatic carbocycles. The molecule has 1 heterocycles. The van der Waals surface area contributed by atoms with Crippen LogP contribution in [0.3, 0.4) is 0 Å². The number of methoxy groups -OCH3 is 1. The Morgan fingerprint density at radius 1 is 1.04 bits per heavy atom. The number of hydrogen-bond donors (Lipinski definition) is 1. The van der Waals surface area contributed by atoms with Gasteiger partial charge in [-0.05, 0) is 61.7 Å². The van der Waals surface area contributed by atoms with Gasteiger partial charge in [0.25, 0.3) is 5.91 Å². The van der Waals surface area contributed by atoms with E-state index in [9.17, 15) is 9.59 Å². The minimum absolute atomic E-state index is 0.155. The van der Waals surface area contributed by atoms with Crippen molar-refractivity contribution >= 4 is 11.9 Å². The SMILES string of the molecule is COC(=O)c1ccc(C(=O)NCc2ccccc2CN2CCCCC2C)cc1. The van der Waals surface area contributed by atoms with E-state index in [-0.39, 0.29) is 5.91 Å². The van der Waals surface area contributed by atoms with Gasteiger partial charge in [0.15, 0.2) is 0 Å². The van der Waals surface area contributed by atoms with E-state index < -0.39 is 5.97 Å². The predicted molar refractivity (Wildman–Crippen MR) is 109 cm³/mol. The maximum absolute atomic E-state index is 12.5. The van der Waals surface area contributed by atoms with Gasteiger partial charge in [0.2, 0.25) is 0 Å². The minimum Gasteiger partial charge on any atom is -0.465 e. The highest BCUT2D eigenvalue weighted by molar-refractivity contribution is 5.96. The molecule has 1 N–H and O–H groups in total. The average molecular weight is 380 g/mol. The number of carbonyl (C=O) groups excluding carboxylic acids is 2. The number of carbonyl (C=O) groups is 2. The molecule has 0 bridgehead atoms. The van der Waals surface area contributed by atoms with Crippen LogP contribution in [0.15, 0.2) is 48.5 Å². The van der Waals surface area contributed by atoms with Gasteiger partial charge in [-0.3, -0.25) is 9.69 Å². The molecule has 148 valence electrons. The van der Waals surface area contributed by atoms with Crippen molar-refractivity contribution in [1.82, 2.24) is 10.2 Å². The summed E-state index contributed by atoms with van der Waals surface area (Å²) in [6.07, 6.45) is 3.81. The second kappa shape index (κ2) is 9.51. The number of likely N-dealkylation sites (tertiary alicyclic amines) is 1. The Morgan fingerprint density at radius 3 is 2.39 bits per heavy atom. The number of piperidine rings is 1. The maximum Gasteiger partial charge on any atom is 0.337 e. The summed E-state index contributed by atoms with van der Waals surface area (Å²) in [7, 11) is 1.34. The Morgan fingerprint density at radius 2 is 1.71 bits per heavy atom. The van der Waals surface area contributed by atoms with Crippen LogP contribution < -0.4 is 5.32 Å². The zero-order chi connectivity index (χ0) is 19.9. The molecule has 28 heavy (non-hydrogen) atoms. The lowest BCUT2D eigenvalue weighted by Crippen LogP contribution is -2.37. The first-order chi connectivity index (χ1) is 13.6. The first kappa shape index (κ1) is 20.1. The topological polar surface area (TPSA) is 58.6 Å². The largest absolute Gasteiger partial charge is 0.465 e. The lowest BCUT2D eigenvalue weighted by Gasteiger charge is -2.33. The fourth-order valence-electron chi connectivity index (χ4n) is 3.65. The summed E-state index contributed by atoms with van der Waals surface area (Å²) >= 11 is 0. The molecular weight excluding hydrogens is 352 g/mol. The molecule has 3 rings (SSSR count). The third-order valence-electron chi connectivity index (χ3n) is 5.44. The Bertz CT molecular complexity index is 817. The van der Waals surface area contributed by atoms with Gasteiger partial charge in [-0.2, -0.15) is 0 Å². The van der Waals surface area contributed by atoms with Gasteiger partial charge in [-0.25, -0.2) is 4.79 Å². The zero-order valence-electron chi connectivity index (χ0n) is 16.6. The van der Waals surface area contributed by atoms with Crippen molar-refractivity contribution in [3.8, 4) is 0 Å². The molecule has 0 radical (unpaired) electrons. The van der Waals surface area contributed by atoms with Crippen molar-refractivity contribution in [1.29, 1.82) is 0 Å². The van der Waals surface area contributed by atoms with E-state index in [1.54, 1.807) is 24.3 Å². The van der Waals surface area contributed by atoms with Gasteiger partial charge in [-0.1, -0.05) is 30.7 Å². The van der Waals surface area contributed by atoms with E-state index in [4.69, 9.17) is 0 Å². The molecule has 1 amide bonds. The normalized spacial score (nSPS) is 17.1. The van der Waals surface area contributed by atoms with Gasteiger partial charge >= 0.3 is 5.97 Å². The van der Waals surface area contributed by atoms with Crippen molar-refractivity contribution in [2.24, 2.45) is 0 Å². The number of rotatable bonds is 6. The Hall–Kier alpha value is -2.66. The minimum atomic E-state index is -0.409. The Balaban J connectivity index is 1.62. The average Bonchev–Trinajstić information content (AvgIpc) is 2.74. The summed E-state index contributed by atoms with van der Waals surface area (Å²) in [5, 5.41) is 2.99. The van der Waals surface area contributed by atoms with Gasteiger partial charge in [0.05, 0.1) is 12.7 Å². The number of benzene rings is 2. The summed E-state index contributed by atoms with van der Waals surface area (Å²) in [5.41, 5.74) is 3.35. The summed E-state index contributed by atoms with van der Waals surface area (Å²) in [6.45, 7) is 4.83. The molecule has 5 nitrogen and oxygen atoms in total. The first-order valence-corrected chi connectivity index (χ1v) is 9.86. The Labute approximate surface area is 166 Å². The van der Waals surface area contributed by atoms with E-state index >= 15 is 0 Å². The maximum atomic E-state index is 12.5. The number of amides is 1. The fourth-order valence-corrected chi connectivity index (χ4v) is 3.65. The molecule has 0 aromatic heterocycles. The van der Waals surface area contributed by atoms with Crippen molar-refractivity contribution in [3.63, 3.8) is 0 Å². The summed E-state index contributed by atoms with van der Waals surface area (Å²) < 4.78 is 4.68. The predicted octanol–water partition coefficient (Wildman–Crippen LogP) is 3.78. The highest BCUT2D eigenvalue weighted by Gasteiger charge is 2.19.